The predicted octanol–water partition coefficient (Wildman–Crippen LogP) is 4.33. The van der Waals surface area contributed by atoms with Crippen molar-refractivity contribution in [2.45, 2.75) is 0 Å². The van der Waals surface area contributed by atoms with Gasteiger partial charge in [0.15, 0.2) is 5.76 Å². The fraction of sp³-hybridized carbons (Fsp3) is 0.0500. The standard InChI is InChI=1S/C20H14O4/c1-23-16-11-10-12-6-2-3-7-13(12)17(16)20-19(22)18(21)14-8-4-5-9-15(14)24-20/h2-11,22H,1H3. The lowest BCUT2D eigenvalue weighted by atomic mass is 10.0. The topological polar surface area (TPSA) is 59.7 Å². The minimum atomic E-state index is -0.457. The average Bonchev–Trinajstić information content (AvgIpc) is 2.64. The van der Waals surface area contributed by atoms with E-state index >= 15 is 0 Å². The van der Waals surface area contributed by atoms with Crippen LogP contribution in [0.4, 0.5) is 0 Å². The molecule has 1 aromatic heterocycles. The van der Waals surface area contributed by atoms with E-state index in [1.807, 2.05) is 30.3 Å². The van der Waals surface area contributed by atoms with Crippen molar-refractivity contribution in [2.24, 2.45) is 0 Å². The fourth-order valence-corrected chi connectivity index (χ4v) is 2.96. The highest BCUT2D eigenvalue weighted by Gasteiger charge is 2.20. The second-order valence-corrected chi connectivity index (χ2v) is 5.47. The molecule has 0 spiro atoms. The smallest absolute Gasteiger partial charge is 0.235 e. The summed E-state index contributed by atoms with van der Waals surface area (Å²) in [5.74, 6) is 0.234. The number of para-hydroxylation sites is 1. The second kappa shape index (κ2) is 5.42. The van der Waals surface area contributed by atoms with Crippen LogP contribution in [0.25, 0.3) is 33.1 Å². The molecule has 0 atom stereocenters. The van der Waals surface area contributed by atoms with Crippen LogP contribution in [0.3, 0.4) is 0 Å². The van der Waals surface area contributed by atoms with Gasteiger partial charge in [-0.1, -0.05) is 42.5 Å². The Balaban J connectivity index is 2.17. The number of aromatic hydroxyl groups is 1. The Morgan fingerprint density at radius 2 is 1.62 bits per heavy atom. The van der Waals surface area contributed by atoms with E-state index < -0.39 is 11.2 Å². The van der Waals surface area contributed by atoms with E-state index in [-0.39, 0.29) is 5.76 Å². The van der Waals surface area contributed by atoms with Crippen molar-refractivity contribution >= 4 is 21.7 Å². The zero-order valence-electron chi connectivity index (χ0n) is 12.9. The first-order chi connectivity index (χ1) is 11.7. The average molecular weight is 318 g/mol. The van der Waals surface area contributed by atoms with E-state index in [9.17, 15) is 9.90 Å². The number of rotatable bonds is 2. The molecule has 4 aromatic rings. The molecular formula is C20H14O4. The molecule has 24 heavy (non-hydrogen) atoms. The Morgan fingerprint density at radius 1 is 0.917 bits per heavy atom. The molecule has 4 heteroatoms. The zero-order chi connectivity index (χ0) is 16.7. The SMILES string of the molecule is COc1ccc2ccccc2c1-c1oc2ccccc2c(=O)c1O. The molecule has 0 aliphatic rings. The second-order valence-electron chi connectivity index (χ2n) is 5.47. The first kappa shape index (κ1) is 14.3. The summed E-state index contributed by atoms with van der Waals surface area (Å²) in [6.07, 6.45) is 0. The molecule has 0 amide bonds. The van der Waals surface area contributed by atoms with Gasteiger partial charge >= 0.3 is 0 Å². The van der Waals surface area contributed by atoms with Crippen LogP contribution in [0.15, 0.2) is 69.9 Å². The van der Waals surface area contributed by atoms with Crippen molar-refractivity contribution in [3.63, 3.8) is 0 Å². The minimum absolute atomic E-state index is 0.118. The molecule has 0 bridgehead atoms. The van der Waals surface area contributed by atoms with E-state index in [4.69, 9.17) is 9.15 Å². The molecule has 0 radical (unpaired) electrons. The van der Waals surface area contributed by atoms with Gasteiger partial charge in [-0.2, -0.15) is 0 Å². The quantitative estimate of drug-likeness (QED) is 0.598. The third-order valence-electron chi connectivity index (χ3n) is 4.11. The Hall–Kier alpha value is -3.27. The van der Waals surface area contributed by atoms with Gasteiger partial charge in [0.05, 0.1) is 18.1 Å². The van der Waals surface area contributed by atoms with Crippen LogP contribution < -0.4 is 10.2 Å². The molecule has 0 aliphatic heterocycles. The highest BCUT2D eigenvalue weighted by Crippen LogP contribution is 2.41. The summed E-state index contributed by atoms with van der Waals surface area (Å²) in [7, 11) is 1.55. The molecule has 0 aliphatic carbocycles. The number of benzene rings is 3. The Bertz CT molecular complexity index is 1130. The van der Waals surface area contributed by atoms with E-state index in [1.54, 1.807) is 37.4 Å². The van der Waals surface area contributed by atoms with E-state index in [0.717, 1.165) is 10.8 Å². The molecule has 0 saturated carbocycles. The highest BCUT2D eigenvalue weighted by molar-refractivity contribution is 6.00. The first-order valence-electron chi connectivity index (χ1n) is 7.51. The third kappa shape index (κ3) is 2.04. The predicted molar refractivity (Wildman–Crippen MR) is 93.6 cm³/mol. The largest absolute Gasteiger partial charge is 0.502 e. The minimum Gasteiger partial charge on any atom is -0.502 e. The van der Waals surface area contributed by atoms with E-state index in [2.05, 4.69) is 0 Å². The van der Waals surface area contributed by atoms with E-state index in [1.165, 1.54) is 0 Å². The van der Waals surface area contributed by atoms with Gasteiger partial charge in [-0.05, 0) is 29.0 Å². The van der Waals surface area contributed by atoms with Gasteiger partial charge in [-0.15, -0.1) is 0 Å². The van der Waals surface area contributed by atoms with Gasteiger partial charge in [0.2, 0.25) is 11.2 Å². The van der Waals surface area contributed by atoms with Crippen LogP contribution in [0, 0.1) is 0 Å². The molecular weight excluding hydrogens is 304 g/mol. The summed E-state index contributed by atoms with van der Waals surface area (Å²) < 4.78 is 11.3. The van der Waals surface area contributed by atoms with Crippen LogP contribution in [0.2, 0.25) is 0 Å². The lowest BCUT2D eigenvalue weighted by Crippen LogP contribution is -2.03. The van der Waals surface area contributed by atoms with Gasteiger partial charge in [0.25, 0.3) is 0 Å². The summed E-state index contributed by atoms with van der Waals surface area (Å²) in [6.45, 7) is 0. The summed E-state index contributed by atoms with van der Waals surface area (Å²) >= 11 is 0. The molecule has 0 fully saturated rings. The molecule has 4 rings (SSSR count). The van der Waals surface area contributed by atoms with Crippen molar-refractivity contribution in [1.29, 1.82) is 0 Å². The maximum Gasteiger partial charge on any atom is 0.235 e. The normalized spacial score (nSPS) is 11.0. The monoisotopic (exact) mass is 318 g/mol. The maximum absolute atomic E-state index is 12.5. The zero-order valence-corrected chi connectivity index (χ0v) is 12.9. The van der Waals surface area contributed by atoms with Crippen molar-refractivity contribution < 1.29 is 14.3 Å². The van der Waals surface area contributed by atoms with Crippen molar-refractivity contribution in [1.82, 2.24) is 0 Å². The molecule has 1 N–H and O–H groups in total. The number of hydrogen-bond donors (Lipinski definition) is 1. The number of ether oxygens (including phenoxy) is 1. The van der Waals surface area contributed by atoms with Crippen LogP contribution in [0.1, 0.15) is 0 Å². The lowest BCUT2D eigenvalue weighted by Gasteiger charge is -2.13. The summed E-state index contributed by atoms with van der Waals surface area (Å²) in [5, 5.41) is 12.6. The van der Waals surface area contributed by atoms with Gasteiger partial charge in [-0.3, -0.25) is 4.79 Å². The van der Waals surface area contributed by atoms with Gasteiger partial charge in [-0.25, -0.2) is 0 Å². The van der Waals surface area contributed by atoms with Crippen LogP contribution >= 0.6 is 0 Å². The highest BCUT2D eigenvalue weighted by atomic mass is 16.5. The van der Waals surface area contributed by atoms with Crippen molar-refractivity contribution in [3.8, 4) is 22.8 Å². The Kier molecular flexibility index (Phi) is 3.24. The molecule has 4 nitrogen and oxygen atoms in total. The van der Waals surface area contributed by atoms with E-state index in [0.29, 0.717) is 22.3 Å². The molecule has 3 aromatic carbocycles. The van der Waals surface area contributed by atoms with Crippen LogP contribution in [-0.2, 0) is 0 Å². The summed E-state index contributed by atoms with van der Waals surface area (Å²) in [5.41, 5.74) is 0.531. The van der Waals surface area contributed by atoms with Gasteiger partial charge in [0, 0.05) is 0 Å². The van der Waals surface area contributed by atoms with Gasteiger partial charge in [0.1, 0.15) is 11.3 Å². The van der Waals surface area contributed by atoms with Crippen molar-refractivity contribution in [3.05, 3.63) is 70.9 Å². The molecule has 0 saturated heterocycles. The number of methoxy groups -OCH3 is 1. The Morgan fingerprint density at radius 3 is 2.42 bits per heavy atom. The first-order valence-corrected chi connectivity index (χ1v) is 7.51. The van der Waals surface area contributed by atoms with Crippen LogP contribution in [0.5, 0.6) is 11.5 Å². The summed E-state index contributed by atoms with van der Waals surface area (Å²) in [4.78, 5) is 12.5. The van der Waals surface area contributed by atoms with Crippen molar-refractivity contribution in [2.75, 3.05) is 7.11 Å². The third-order valence-corrected chi connectivity index (χ3v) is 4.11. The van der Waals surface area contributed by atoms with Crippen LogP contribution in [-0.4, -0.2) is 12.2 Å². The fourth-order valence-electron chi connectivity index (χ4n) is 2.96. The maximum atomic E-state index is 12.5. The number of fused-ring (bicyclic) bond motifs is 2. The summed E-state index contributed by atoms with van der Waals surface area (Å²) in [6, 6.07) is 18.2. The number of hydrogen-bond acceptors (Lipinski definition) is 4. The lowest BCUT2D eigenvalue weighted by molar-refractivity contribution is 0.412. The molecule has 0 unspecified atom stereocenters. The van der Waals surface area contributed by atoms with Gasteiger partial charge < -0.3 is 14.3 Å². The molecule has 118 valence electrons. The molecule has 1 heterocycles. The Labute approximate surface area is 137 Å².